The Morgan fingerprint density at radius 2 is 1.92 bits per heavy atom. The van der Waals surface area contributed by atoms with Crippen LogP contribution in [0.4, 0.5) is 5.69 Å². The van der Waals surface area contributed by atoms with Gasteiger partial charge in [0.2, 0.25) is 0 Å². The van der Waals surface area contributed by atoms with Gasteiger partial charge < -0.3 is 4.90 Å². The number of carbonyl (C=O) groups excluding carboxylic acids is 1. The van der Waals surface area contributed by atoms with Crippen molar-refractivity contribution in [2.45, 2.75) is 46.6 Å². The van der Waals surface area contributed by atoms with Crippen molar-refractivity contribution in [3.05, 3.63) is 49.2 Å². The molecule has 7 nitrogen and oxygen atoms in total. The van der Waals surface area contributed by atoms with E-state index in [1.165, 1.54) is 6.07 Å². The highest BCUT2D eigenvalue weighted by Gasteiger charge is 2.26. The number of amides is 1. The van der Waals surface area contributed by atoms with Crippen LogP contribution in [-0.2, 0) is 0 Å². The Kier molecular flexibility index (Phi) is 5.52. The number of rotatable bonds is 5. The lowest BCUT2D eigenvalue weighted by Gasteiger charge is -2.25. The first kappa shape index (κ1) is 19.0. The van der Waals surface area contributed by atoms with Gasteiger partial charge in [-0.3, -0.25) is 19.9 Å². The van der Waals surface area contributed by atoms with Crippen LogP contribution in [0.25, 0.3) is 0 Å². The van der Waals surface area contributed by atoms with Gasteiger partial charge in [-0.05, 0) is 20.8 Å². The Labute approximate surface area is 150 Å². The molecule has 0 fully saturated rings. The van der Waals surface area contributed by atoms with Crippen molar-refractivity contribution < 1.29 is 9.72 Å². The minimum atomic E-state index is -0.547. The molecule has 0 bridgehead atoms. The Morgan fingerprint density at radius 1 is 1.28 bits per heavy atom. The molecular formula is C17H22N4O3S. The first-order chi connectivity index (χ1) is 11.6. The molecule has 0 aliphatic carbocycles. The molecule has 0 saturated carbocycles. The standard InChI is InChI=1S/C17H22N4O3S/c1-9(2)16-19-11(4)15(25-16)12(5)20(6)17(22)14-7-13(21(23)24)8-18-10(14)3/h7-9,12H,1-6H3/t12-/m1/s1. The molecule has 0 aliphatic rings. The fraction of sp³-hybridized carbons (Fsp3) is 0.471. The second-order valence-electron chi connectivity index (χ2n) is 6.33. The molecule has 0 unspecified atom stereocenters. The molecular weight excluding hydrogens is 340 g/mol. The predicted molar refractivity (Wildman–Crippen MR) is 97.1 cm³/mol. The molecule has 2 heterocycles. The lowest BCUT2D eigenvalue weighted by atomic mass is 10.1. The molecule has 2 rings (SSSR count). The predicted octanol–water partition coefficient (Wildman–Crippen LogP) is 4.02. The summed E-state index contributed by atoms with van der Waals surface area (Å²) in [6.07, 6.45) is 1.16. The van der Waals surface area contributed by atoms with Gasteiger partial charge in [0.15, 0.2) is 0 Å². The van der Waals surface area contributed by atoms with Crippen LogP contribution in [0, 0.1) is 24.0 Å². The summed E-state index contributed by atoms with van der Waals surface area (Å²) in [7, 11) is 1.69. The third-order valence-electron chi connectivity index (χ3n) is 4.14. The smallest absolute Gasteiger partial charge is 0.288 e. The van der Waals surface area contributed by atoms with Crippen molar-refractivity contribution in [3.8, 4) is 0 Å². The van der Waals surface area contributed by atoms with Gasteiger partial charge in [0.25, 0.3) is 11.6 Å². The van der Waals surface area contributed by atoms with Crippen LogP contribution in [0.2, 0.25) is 0 Å². The first-order valence-corrected chi connectivity index (χ1v) is 8.80. The SMILES string of the molecule is Cc1ncc([N+](=O)[O-])cc1C(=O)N(C)[C@H](C)c1sc(C(C)C)nc1C. The van der Waals surface area contributed by atoms with Crippen LogP contribution in [0.5, 0.6) is 0 Å². The minimum absolute atomic E-state index is 0.184. The van der Waals surface area contributed by atoms with Crippen molar-refractivity contribution in [1.82, 2.24) is 14.9 Å². The van der Waals surface area contributed by atoms with E-state index in [0.717, 1.165) is 21.8 Å². The van der Waals surface area contributed by atoms with Crippen molar-refractivity contribution >= 4 is 22.9 Å². The second kappa shape index (κ2) is 7.26. The van der Waals surface area contributed by atoms with E-state index in [-0.39, 0.29) is 23.2 Å². The molecule has 2 aromatic rings. The zero-order valence-corrected chi connectivity index (χ0v) is 16.0. The maximum absolute atomic E-state index is 12.9. The molecule has 134 valence electrons. The summed E-state index contributed by atoms with van der Waals surface area (Å²) in [6.45, 7) is 9.71. The van der Waals surface area contributed by atoms with E-state index in [2.05, 4.69) is 23.8 Å². The zero-order valence-electron chi connectivity index (χ0n) is 15.2. The van der Waals surface area contributed by atoms with E-state index in [1.54, 1.807) is 30.2 Å². The first-order valence-electron chi connectivity index (χ1n) is 7.98. The molecule has 0 saturated heterocycles. The van der Waals surface area contributed by atoms with Gasteiger partial charge >= 0.3 is 0 Å². The number of aryl methyl sites for hydroxylation is 2. The highest BCUT2D eigenvalue weighted by molar-refractivity contribution is 7.11. The molecule has 0 aromatic carbocycles. The lowest BCUT2D eigenvalue weighted by molar-refractivity contribution is -0.385. The second-order valence-corrected chi connectivity index (χ2v) is 7.39. The van der Waals surface area contributed by atoms with Crippen molar-refractivity contribution in [1.29, 1.82) is 0 Å². The van der Waals surface area contributed by atoms with Gasteiger partial charge in [-0.25, -0.2) is 4.98 Å². The van der Waals surface area contributed by atoms with E-state index in [4.69, 9.17) is 0 Å². The summed E-state index contributed by atoms with van der Waals surface area (Å²) in [6, 6.07) is 1.10. The molecule has 25 heavy (non-hydrogen) atoms. The molecule has 8 heteroatoms. The van der Waals surface area contributed by atoms with Crippen LogP contribution in [0.1, 0.15) is 64.4 Å². The number of hydrogen-bond donors (Lipinski definition) is 0. The van der Waals surface area contributed by atoms with Crippen LogP contribution >= 0.6 is 11.3 Å². The number of thiazole rings is 1. The number of hydrogen-bond acceptors (Lipinski definition) is 6. The van der Waals surface area contributed by atoms with Crippen molar-refractivity contribution in [3.63, 3.8) is 0 Å². The van der Waals surface area contributed by atoms with Crippen LogP contribution in [0.3, 0.4) is 0 Å². The summed E-state index contributed by atoms with van der Waals surface area (Å²) < 4.78 is 0. The van der Waals surface area contributed by atoms with E-state index >= 15 is 0 Å². The van der Waals surface area contributed by atoms with E-state index in [9.17, 15) is 14.9 Å². The Balaban J connectivity index is 2.34. The number of aromatic nitrogens is 2. The largest absolute Gasteiger partial charge is 0.334 e. The summed E-state index contributed by atoms with van der Waals surface area (Å²) in [5.41, 5.74) is 1.44. The summed E-state index contributed by atoms with van der Waals surface area (Å²) in [5.74, 6) is 0.0361. The molecule has 2 aromatic heterocycles. The minimum Gasteiger partial charge on any atom is -0.334 e. The van der Waals surface area contributed by atoms with E-state index in [0.29, 0.717) is 11.6 Å². The lowest BCUT2D eigenvalue weighted by Crippen LogP contribution is -2.30. The Hall–Kier alpha value is -2.35. The fourth-order valence-electron chi connectivity index (χ4n) is 2.44. The topological polar surface area (TPSA) is 89.2 Å². The monoisotopic (exact) mass is 362 g/mol. The number of pyridine rings is 1. The van der Waals surface area contributed by atoms with Gasteiger partial charge in [-0.2, -0.15) is 0 Å². The van der Waals surface area contributed by atoms with Crippen LogP contribution in [-0.4, -0.2) is 32.7 Å². The van der Waals surface area contributed by atoms with Crippen molar-refractivity contribution in [2.75, 3.05) is 7.05 Å². The van der Waals surface area contributed by atoms with Gasteiger partial charge in [-0.15, -0.1) is 11.3 Å². The maximum atomic E-state index is 12.9. The summed E-state index contributed by atoms with van der Waals surface area (Å²) in [5, 5.41) is 12.0. The zero-order chi connectivity index (χ0) is 18.9. The van der Waals surface area contributed by atoms with Gasteiger partial charge in [0.05, 0.1) is 32.9 Å². The van der Waals surface area contributed by atoms with Crippen molar-refractivity contribution in [2.24, 2.45) is 0 Å². The van der Waals surface area contributed by atoms with Crippen LogP contribution in [0.15, 0.2) is 12.3 Å². The van der Waals surface area contributed by atoms with E-state index < -0.39 is 4.92 Å². The number of carbonyl (C=O) groups is 1. The summed E-state index contributed by atoms with van der Waals surface area (Å²) in [4.78, 5) is 34.4. The molecule has 1 atom stereocenters. The van der Waals surface area contributed by atoms with Crippen LogP contribution < -0.4 is 0 Å². The third kappa shape index (κ3) is 3.84. The van der Waals surface area contributed by atoms with Gasteiger partial charge in [-0.1, -0.05) is 13.8 Å². The average molecular weight is 362 g/mol. The normalized spacial score (nSPS) is 12.3. The quantitative estimate of drug-likeness (QED) is 0.592. The molecule has 0 radical (unpaired) electrons. The number of nitro groups is 1. The highest BCUT2D eigenvalue weighted by Crippen LogP contribution is 2.32. The average Bonchev–Trinajstić information content (AvgIpc) is 2.95. The van der Waals surface area contributed by atoms with Gasteiger partial charge in [0.1, 0.15) is 6.20 Å². The molecule has 0 aliphatic heterocycles. The van der Waals surface area contributed by atoms with Gasteiger partial charge in [0, 0.05) is 23.9 Å². The Bertz CT molecular complexity index is 816. The summed E-state index contributed by atoms with van der Waals surface area (Å²) >= 11 is 1.60. The molecule has 1 amide bonds. The maximum Gasteiger partial charge on any atom is 0.288 e. The third-order valence-corrected chi connectivity index (χ3v) is 5.77. The highest BCUT2D eigenvalue weighted by atomic mass is 32.1. The number of nitrogens with zero attached hydrogens (tertiary/aromatic N) is 4. The fourth-order valence-corrected chi connectivity index (χ4v) is 3.61. The molecule has 0 N–H and O–H groups in total. The molecule has 0 spiro atoms. The Morgan fingerprint density at radius 3 is 2.44 bits per heavy atom. The van der Waals surface area contributed by atoms with E-state index in [1.807, 2.05) is 13.8 Å².